The third kappa shape index (κ3) is 5.29. The van der Waals surface area contributed by atoms with E-state index in [1.165, 1.54) is 0 Å². The van der Waals surface area contributed by atoms with E-state index < -0.39 is 0 Å². The minimum absolute atomic E-state index is 0.0204. The molecule has 5 heteroatoms. The summed E-state index contributed by atoms with van der Waals surface area (Å²) in [6, 6.07) is 8.10. The van der Waals surface area contributed by atoms with Gasteiger partial charge in [-0.05, 0) is 36.5 Å². The van der Waals surface area contributed by atoms with Crippen molar-refractivity contribution in [3.05, 3.63) is 34.3 Å². The highest BCUT2D eigenvalue weighted by Crippen LogP contribution is 2.24. The average molecular weight is 369 g/mol. The molecule has 1 unspecified atom stereocenters. The zero-order valence-corrected chi connectivity index (χ0v) is 14.9. The Morgan fingerprint density at radius 2 is 2.32 bits per heavy atom. The SMILES string of the molecule is CC(C)CCCNC(=O)N1CCOC(c2cccc(Br)c2)C1. The summed E-state index contributed by atoms with van der Waals surface area (Å²) in [4.78, 5) is 14.1. The molecule has 4 nitrogen and oxygen atoms in total. The minimum atomic E-state index is -0.0485. The van der Waals surface area contributed by atoms with Gasteiger partial charge >= 0.3 is 6.03 Å². The topological polar surface area (TPSA) is 41.6 Å². The highest BCUT2D eigenvalue weighted by molar-refractivity contribution is 9.10. The number of hydrogen-bond acceptors (Lipinski definition) is 2. The number of halogens is 1. The van der Waals surface area contributed by atoms with Gasteiger partial charge in [0.05, 0.1) is 13.2 Å². The van der Waals surface area contributed by atoms with Crippen LogP contribution in [-0.4, -0.2) is 37.2 Å². The van der Waals surface area contributed by atoms with E-state index in [1.807, 2.05) is 23.1 Å². The second-order valence-corrected chi connectivity index (χ2v) is 7.04. The van der Waals surface area contributed by atoms with Crippen molar-refractivity contribution < 1.29 is 9.53 Å². The lowest BCUT2D eigenvalue weighted by atomic mass is 10.1. The predicted octanol–water partition coefficient (Wildman–Crippen LogP) is 3.97. The molecule has 0 aliphatic carbocycles. The summed E-state index contributed by atoms with van der Waals surface area (Å²) in [6.07, 6.45) is 2.13. The molecule has 122 valence electrons. The normalized spacial score (nSPS) is 18.5. The summed E-state index contributed by atoms with van der Waals surface area (Å²) in [5.74, 6) is 0.682. The number of ether oxygens (including phenoxy) is 1. The van der Waals surface area contributed by atoms with Gasteiger partial charge in [0, 0.05) is 17.6 Å². The maximum atomic E-state index is 12.2. The van der Waals surface area contributed by atoms with Crippen molar-refractivity contribution in [3.63, 3.8) is 0 Å². The number of carbonyl (C=O) groups excluding carboxylic acids is 1. The van der Waals surface area contributed by atoms with Gasteiger partial charge in [0.15, 0.2) is 0 Å². The maximum Gasteiger partial charge on any atom is 0.317 e. The highest BCUT2D eigenvalue weighted by Gasteiger charge is 2.25. The van der Waals surface area contributed by atoms with Crippen LogP contribution in [0, 0.1) is 5.92 Å². The van der Waals surface area contributed by atoms with Crippen LogP contribution >= 0.6 is 15.9 Å². The molecule has 1 fully saturated rings. The number of amides is 2. The van der Waals surface area contributed by atoms with Gasteiger partial charge in [-0.1, -0.05) is 41.9 Å². The van der Waals surface area contributed by atoms with Crippen LogP contribution in [0.15, 0.2) is 28.7 Å². The molecule has 0 spiro atoms. The first kappa shape index (κ1) is 17.3. The van der Waals surface area contributed by atoms with E-state index in [0.717, 1.165) is 29.4 Å². The number of urea groups is 1. The van der Waals surface area contributed by atoms with Gasteiger partial charge in [-0.2, -0.15) is 0 Å². The molecule has 2 amide bonds. The Morgan fingerprint density at radius 3 is 3.05 bits per heavy atom. The van der Waals surface area contributed by atoms with E-state index in [4.69, 9.17) is 4.74 Å². The quantitative estimate of drug-likeness (QED) is 0.798. The number of benzene rings is 1. The lowest BCUT2D eigenvalue weighted by Gasteiger charge is -2.33. The van der Waals surface area contributed by atoms with Crippen molar-refractivity contribution in [2.75, 3.05) is 26.2 Å². The fourth-order valence-electron chi connectivity index (χ4n) is 2.56. The van der Waals surface area contributed by atoms with Gasteiger partial charge in [0.25, 0.3) is 0 Å². The van der Waals surface area contributed by atoms with Gasteiger partial charge in [0.1, 0.15) is 6.10 Å². The first-order chi connectivity index (χ1) is 10.6. The van der Waals surface area contributed by atoms with Crippen molar-refractivity contribution >= 4 is 22.0 Å². The van der Waals surface area contributed by atoms with Crippen LogP contribution in [0.2, 0.25) is 0 Å². The summed E-state index contributed by atoms with van der Waals surface area (Å²) in [7, 11) is 0. The first-order valence-corrected chi connectivity index (χ1v) is 8.75. The molecule has 1 saturated heterocycles. The molecule has 0 radical (unpaired) electrons. The number of hydrogen-bond donors (Lipinski definition) is 1. The van der Waals surface area contributed by atoms with Crippen LogP contribution in [0.25, 0.3) is 0 Å². The van der Waals surface area contributed by atoms with Gasteiger partial charge < -0.3 is 15.0 Å². The third-order valence-corrected chi connectivity index (χ3v) is 4.30. The summed E-state index contributed by atoms with van der Waals surface area (Å²) >= 11 is 3.48. The second kappa shape index (κ2) is 8.53. The molecule has 22 heavy (non-hydrogen) atoms. The second-order valence-electron chi connectivity index (χ2n) is 6.13. The Morgan fingerprint density at radius 1 is 1.50 bits per heavy atom. The Kier molecular flexibility index (Phi) is 6.70. The number of nitrogens with zero attached hydrogens (tertiary/aromatic N) is 1. The van der Waals surface area contributed by atoms with Crippen LogP contribution in [0.3, 0.4) is 0 Å². The predicted molar refractivity (Wildman–Crippen MR) is 91.9 cm³/mol. The first-order valence-electron chi connectivity index (χ1n) is 7.96. The third-order valence-electron chi connectivity index (χ3n) is 3.81. The lowest BCUT2D eigenvalue weighted by molar-refractivity contribution is -0.0154. The molecule has 1 aromatic rings. The van der Waals surface area contributed by atoms with Gasteiger partial charge in [-0.3, -0.25) is 0 Å². The molecule has 0 saturated carbocycles. The summed E-state index contributed by atoms with van der Waals surface area (Å²) < 4.78 is 6.85. The molecule has 1 heterocycles. The highest BCUT2D eigenvalue weighted by atomic mass is 79.9. The van der Waals surface area contributed by atoms with Crippen molar-refractivity contribution in [3.8, 4) is 0 Å². The van der Waals surface area contributed by atoms with Crippen LogP contribution < -0.4 is 5.32 Å². The molecule has 1 aliphatic rings. The van der Waals surface area contributed by atoms with E-state index in [0.29, 0.717) is 25.6 Å². The lowest BCUT2D eigenvalue weighted by Crippen LogP contribution is -2.47. The molecular formula is C17H25BrN2O2. The summed E-state index contributed by atoms with van der Waals surface area (Å²) in [6.45, 7) is 6.98. The fourth-order valence-corrected chi connectivity index (χ4v) is 2.98. The van der Waals surface area contributed by atoms with Gasteiger partial charge in [-0.15, -0.1) is 0 Å². The van der Waals surface area contributed by atoms with Crippen LogP contribution in [0.1, 0.15) is 38.4 Å². The van der Waals surface area contributed by atoms with E-state index in [1.54, 1.807) is 0 Å². The van der Waals surface area contributed by atoms with Crippen molar-refractivity contribution in [2.24, 2.45) is 5.92 Å². The summed E-state index contributed by atoms with van der Waals surface area (Å²) in [5.41, 5.74) is 1.10. The van der Waals surface area contributed by atoms with Crippen LogP contribution in [-0.2, 0) is 4.74 Å². The Hall–Kier alpha value is -1.07. The number of nitrogens with one attached hydrogen (secondary N) is 1. The maximum absolute atomic E-state index is 12.2. The summed E-state index contributed by atoms with van der Waals surface area (Å²) in [5, 5.41) is 3.01. The number of rotatable bonds is 5. The minimum Gasteiger partial charge on any atom is -0.370 e. The van der Waals surface area contributed by atoms with E-state index in [2.05, 4.69) is 41.2 Å². The van der Waals surface area contributed by atoms with Gasteiger partial charge in [0.2, 0.25) is 0 Å². The Balaban J connectivity index is 1.83. The molecular weight excluding hydrogens is 344 g/mol. The van der Waals surface area contributed by atoms with Crippen molar-refractivity contribution in [1.29, 1.82) is 0 Å². The molecule has 1 atom stereocenters. The van der Waals surface area contributed by atoms with Crippen LogP contribution in [0.5, 0.6) is 0 Å². The standard InChI is InChI=1S/C17H25BrN2O2/c1-13(2)5-4-8-19-17(21)20-9-10-22-16(12-20)14-6-3-7-15(18)11-14/h3,6-7,11,13,16H,4-5,8-10,12H2,1-2H3,(H,19,21). The fraction of sp³-hybridized carbons (Fsp3) is 0.588. The number of morpholine rings is 1. The number of carbonyl (C=O) groups is 1. The Labute approximate surface area is 141 Å². The monoisotopic (exact) mass is 368 g/mol. The van der Waals surface area contributed by atoms with Crippen molar-refractivity contribution in [1.82, 2.24) is 10.2 Å². The molecule has 0 bridgehead atoms. The average Bonchev–Trinajstić information content (AvgIpc) is 2.51. The molecule has 1 aromatic carbocycles. The molecule has 1 N–H and O–H groups in total. The molecule has 2 rings (SSSR count). The zero-order valence-electron chi connectivity index (χ0n) is 13.3. The van der Waals surface area contributed by atoms with E-state index in [9.17, 15) is 4.79 Å². The Bertz CT molecular complexity index is 493. The van der Waals surface area contributed by atoms with Crippen LogP contribution in [0.4, 0.5) is 4.79 Å². The smallest absolute Gasteiger partial charge is 0.317 e. The zero-order chi connectivity index (χ0) is 15.9. The van der Waals surface area contributed by atoms with Gasteiger partial charge in [-0.25, -0.2) is 4.79 Å². The molecule has 0 aromatic heterocycles. The largest absolute Gasteiger partial charge is 0.370 e. The molecule has 1 aliphatic heterocycles. The van der Waals surface area contributed by atoms with Crippen molar-refractivity contribution in [2.45, 2.75) is 32.8 Å². The van der Waals surface area contributed by atoms with E-state index >= 15 is 0 Å². The van der Waals surface area contributed by atoms with E-state index in [-0.39, 0.29) is 12.1 Å².